The van der Waals surface area contributed by atoms with Crippen molar-refractivity contribution in [3.05, 3.63) is 47.2 Å². The number of carboxylic acids is 1. The monoisotopic (exact) mass is 387 g/mol. The molecule has 1 N–H and O–H groups in total. The van der Waals surface area contributed by atoms with Crippen molar-refractivity contribution in [3.8, 4) is 0 Å². The van der Waals surface area contributed by atoms with Crippen LogP contribution in [-0.4, -0.2) is 40.7 Å². The summed E-state index contributed by atoms with van der Waals surface area (Å²) >= 11 is 1.52. The maximum absolute atomic E-state index is 11.1. The van der Waals surface area contributed by atoms with Crippen LogP contribution in [0.4, 0.5) is 5.82 Å². The molecule has 1 saturated heterocycles. The summed E-state index contributed by atoms with van der Waals surface area (Å²) in [6.45, 7) is 3.69. The van der Waals surface area contributed by atoms with Crippen LogP contribution in [0.5, 0.6) is 0 Å². The second kappa shape index (κ2) is 9.19. The number of hydrogen-bond acceptors (Lipinski definition) is 6. The molecule has 0 radical (unpaired) electrons. The van der Waals surface area contributed by atoms with Gasteiger partial charge in [0.15, 0.2) is 5.16 Å². The molecule has 3 rings (SSSR count). The Kier molecular flexibility index (Phi) is 6.68. The summed E-state index contributed by atoms with van der Waals surface area (Å²) < 4.78 is 5.27. The first kappa shape index (κ1) is 19.6. The van der Waals surface area contributed by atoms with Gasteiger partial charge in [0.2, 0.25) is 0 Å². The topological polar surface area (TPSA) is 75.5 Å². The molecular formula is C20H25N3O3S. The number of aromatic nitrogens is 2. The first-order valence-corrected chi connectivity index (χ1v) is 10.1. The number of methoxy groups -OCH3 is 1. The van der Waals surface area contributed by atoms with Gasteiger partial charge in [-0.2, -0.15) is 0 Å². The predicted octanol–water partition coefficient (Wildman–Crippen LogP) is 3.99. The maximum atomic E-state index is 11.1. The Morgan fingerprint density at radius 3 is 2.93 bits per heavy atom. The van der Waals surface area contributed by atoms with E-state index in [1.165, 1.54) is 31.0 Å². The number of carbonyl (C=O) groups is 1. The summed E-state index contributed by atoms with van der Waals surface area (Å²) in [5.74, 6) is 0.652. The van der Waals surface area contributed by atoms with Crippen molar-refractivity contribution in [3.63, 3.8) is 0 Å². The lowest BCUT2D eigenvalue weighted by Crippen LogP contribution is -2.38. The minimum absolute atomic E-state index is 0.296. The van der Waals surface area contributed by atoms with Crippen LogP contribution in [0.25, 0.3) is 0 Å². The smallest absolute Gasteiger partial charge is 0.335 e. The number of ether oxygens (including phenoxy) is 1. The van der Waals surface area contributed by atoms with E-state index in [9.17, 15) is 4.79 Å². The van der Waals surface area contributed by atoms with Crippen molar-refractivity contribution < 1.29 is 14.6 Å². The number of carboxylic acid groups (broad SMARTS) is 1. The average Bonchev–Trinajstić information content (AvgIpc) is 2.67. The Bertz CT molecular complexity index is 800. The lowest BCUT2D eigenvalue weighted by atomic mass is 10.0. The molecule has 1 unspecified atom stereocenters. The molecule has 1 aromatic heterocycles. The molecule has 1 fully saturated rings. The molecule has 0 bridgehead atoms. The van der Waals surface area contributed by atoms with Gasteiger partial charge in [-0.1, -0.05) is 23.9 Å². The Labute approximate surface area is 164 Å². The van der Waals surface area contributed by atoms with Crippen LogP contribution < -0.4 is 4.90 Å². The molecule has 7 heteroatoms. The van der Waals surface area contributed by atoms with Gasteiger partial charge in [-0.3, -0.25) is 0 Å². The SMILES string of the molecule is COCc1cc(N2CCCCC2C)nc(SCc2cccc(C(=O)O)c2)n1. The molecule has 2 heterocycles. The van der Waals surface area contributed by atoms with Gasteiger partial charge in [-0.05, 0) is 43.9 Å². The van der Waals surface area contributed by atoms with E-state index in [4.69, 9.17) is 14.8 Å². The van der Waals surface area contributed by atoms with E-state index >= 15 is 0 Å². The zero-order valence-electron chi connectivity index (χ0n) is 15.7. The first-order valence-electron chi connectivity index (χ1n) is 9.15. The van der Waals surface area contributed by atoms with E-state index in [1.807, 2.05) is 12.1 Å². The van der Waals surface area contributed by atoms with Crippen molar-refractivity contribution in [1.29, 1.82) is 0 Å². The highest BCUT2D eigenvalue weighted by atomic mass is 32.2. The molecule has 0 aliphatic carbocycles. The number of anilines is 1. The van der Waals surface area contributed by atoms with Gasteiger partial charge in [0.05, 0.1) is 17.9 Å². The fourth-order valence-corrected chi connectivity index (χ4v) is 4.09. The van der Waals surface area contributed by atoms with Crippen molar-refractivity contribution in [2.75, 3.05) is 18.6 Å². The third-order valence-electron chi connectivity index (χ3n) is 4.68. The fourth-order valence-electron chi connectivity index (χ4n) is 3.27. The molecule has 1 aromatic carbocycles. The number of aromatic carboxylic acids is 1. The number of rotatable bonds is 7. The second-order valence-corrected chi connectivity index (χ2v) is 7.71. The zero-order valence-corrected chi connectivity index (χ0v) is 16.5. The van der Waals surface area contributed by atoms with E-state index in [0.717, 1.165) is 23.6 Å². The fraction of sp³-hybridized carbons (Fsp3) is 0.450. The van der Waals surface area contributed by atoms with Crippen molar-refractivity contribution >= 4 is 23.5 Å². The molecule has 0 saturated carbocycles. The van der Waals surface area contributed by atoms with Gasteiger partial charge in [-0.25, -0.2) is 14.8 Å². The second-order valence-electron chi connectivity index (χ2n) is 6.77. The normalized spacial score (nSPS) is 17.1. The van der Waals surface area contributed by atoms with Gasteiger partial charge < -0.3 is 14.7 Å². The molecule has 1 aliphatic rings. The highest BCUT2D eigenvalue weighted by Crippen LogP contribution is 2.27. The summed E-state index contributed by atoms with van der Waals surface area (Å²) in [5, 5.41) is 9.84. The van der Waals surface area contributed by atoms with E-state index in [0.29, 0.717) is 29.1 Å². The molecule has 0 amide bonds. The number of piperidine rings is 1. The Morgan fingerprint density at radius 1 is 1.33 bits per heavy atom. The van der Waals surface area contributed by atoms with E-state index in [1.54, 1.807) is 25.3 Å². The van der Waals surface area contributed by atoms with Gasteiger partial charge in [0.25, 0.3) is 0 Å². The summed E-state index contributed by atoms with van der Waals surface area (Å²) in [7, 11) is 1.66. The number of nitrogens with zero attached hydrogens (tertiary/aromatic N) is 3. The van der Waals surface area contributed by atoms with Crippen molar-refractivity contribution in [2.45, 2.75) is 49.7 Å². The third-order valence-corrected chi connectivity index (χ3v) is 5.59. The maximum Gasteiger partial charge on any atom is 0.335 e. The first-order chi connectivity index (χ1) is 13.1. The predicted molar refractivity (Wildman–Crippen MR) is 106 cm³/mol. The van der Waals surface area contributed by atoms with Crippen LogP contribution in [-0.2, 0) is 17.1 Å². The lowest BCUT2D eigenvalue weighted by Gasteiger charge is -2.34. The number of benzene rings is 1. The van der Waals surface area contributed by atoms with Crippen LogP contribution in [0.3, 0.4) is 0 Å². The van der Waals surface area contributed by atoms with E-state index in [-0.39, 0.29) is 0 Å². The summed E-state index contributed by atoms with van der Waals surface area (Å²) in [6.07, 6.45) is 3.61. The molecule has 144 valence electrons. The minimum Gasteiger partial charge on any atom is -0.478 e. The van der Waals surface area contributed by atoms with Gasteiger partial charge in [0, 0.05) is 31.5 Å². The van der Waals surface area contributed by atoms with Crippen LogP contribution in [0.2, 0.25) is 0 Å². The van der Waals surface area contributed by atoms with Crippen LogP contribution >= 0.6 is 11.8 Å². The average molecular weight is 388 g/mol. The molecule has 1 atom stereocenters. The molecule has 1 aliphatic heterocycles. The Morgan fingerprint density at radius 2 is 2.19 bits per heavy atom. The standard InChI is InChI=1S/C20H25N3O3S/c1-14-6-3-4-9-23(14)18-11-17(12-26-2)21-20(22-18)27-13-15-7-5-8-16(10-15)19(24)25/h5,7-8,10-11,14H,3-4,6,9,12-13H2,1-2H3,(H,24,25). The molecule has 0 spiro atoms. The minimum atomic E-state index is -0.915. The molecule has 27 heavy (non-hydrogen) atoms. The van der Waals surface area contributed by atoms with Crippen LogP contribution in [0, 0.1) is 0 Å². The van der Waals surface area contributed by atoms with Crippen LogP contribution in [0.15, 0.2) is 35.5 Å². The van der Waals surface area contributed by atoms with E-state index in [2.05, 4.69) is 16.8 Å². The Hall–Kier alpha value is -2.12. The number of thioether (sulfide) groups is 1. The lowest BCUT2D eigenvalue weighted by molar-refractivity contribution is 0.0697. The quantitative estimate of drug-likeness (QED) is 0.568. The molecule has 6 nitrogen and oxygen atoms in total. The molecule has 2 aromatic rings. The van der Waals surface area contributed by atoms with E-state index < -0.39 is 5.97 Å². The van der Waals surface area contributed by atoms with Crippen LogP contribution in [0.1, 0.15) is 47.8 Å². The number of hydrogen-bond donors (Lipinski definition) is 1. The Balaban J connectivity index is 1.79. The highest BCUT2D eigenvalue weighted by Gasteiger charge is 2.21. The summed E-state index contributed by atoms with van der Waals surface area (Å²) in [6, 6.07) is 9.47. The molecular weight excluding hydrogens is 362 g/mol. The third kappa shape index (κ3) is 5.20. The largest absolute Gasteiger partial charge is 0.478 e. The summed E-state index contributed by atoms with van der Waals surface area (Å²) in [5.41, 5.74) is 2.10. The van der Waals surface area contributed by atoms with Gasteiger partial charge in [0.1, 0.15) is 5.82 Å². The summed E-state index contributed by atoms with van der Waals surface area (Å²) in [4.78, 5) is 22.9. The van der Waals surface area contributed by atoms with Crippen molar-refractivity contribution in [1.82, 2.24) is 9.97 Å². The zero-order chi connectivity index (χ0) is 19.2. The van der Waals surface area contributed by atoms with Gasteiger partial charge >= 0.3 is 5.97 Å². The van der Waals surface area contributed by atoms with Gasteiger partial charge in [-0.15, -0.1) is 0 Å². The van der Waals surface area contributed by atoms with Crippen molar-refractivity contribution in [2.24, 2.45) is 0 Å². The highest BCUT2D eigenvalue weighted by molar-refractivity contribution is 7.98.